The van der Waals surface area contributed by atoms with E-state index in [2.05, 4.69) is 10.3 Å². The van der Waals surface area contributed by atoms with E-state index in [-0.39, 0.29) is 11.3 Å². The SMILES string of the molecule is CC(Cl)CCCNC(=O)c1ccc2ncccc2c1. The molecule has 1 aromatic heterocycles. The van der Waals surface area contributed by atoms with Crippen molar-refractivity contribution in [3.63, 3.8) is 0 Å². The lowest BCUT2D eigenvalue weighted by Gasteiger charge is -2.07. The zero-order valence-electron chi connectivity index (χ0n) is 10.9. The van der Waals surface area contributed by atoms with Crippen molar-refractivity contribution in [2.75, 3.05) is 6.54 Å². The van der Waals surface area contributed by atoms with Crippen LogP contribution in [0.3, 0.4) is 0 Å². The maximum Gasteiger partial charge on any atom is 0.251 e. The van der Waals surface area contributed by atoms with E-state index in [0.717, 1.165) is 23.7 Å². The van der Waals surface area contributed by atoms with Crippen LogP contribution in [0.1, 0.15) is 30.1 Å². The Balaban J connectivity index is 1.97. The van der Waals surface area contributed by atoms with Crippen LogP contribution < -0.4 is 5.32 Å². The predicted molar refractivity (Wildman–Crippen MR) is 78.6 cm³/mol. The smallest absolute Gasteiger partial charge is 0.251 e. The molecule has 0 aliphatic heterocycles. The number of alkyl halides is 1. The molecule has 1 unspecified atom stereocenters. The van der Waals surface area contributed by atoms with Crippen LogP contribution >= 0.6 is 11.6 Å². The summed E-state index contributed by atoms with van der Waals surface area (Å²) >= 11 is 5.86. The molecule has 0 radical (unpaired) electrons. The molecule has 0 aliphatic carbocycles. The molecule has 100 valence electrons. The average Bonchev–Trinajstić information content (AvgIpc) is 2.42. The van der Waals surface area contributed by atoms with Gasteiger partial charge in [0.25, 0.3) is 5.91 Å². The number of carbonyl (C=O) groups is 1. The second-order valence-corrected chi connectivity index (χ2v) is 5.33. The van der Waals surface area contributed by atoms with E-state index in [1.165, 1.54) is 0 Å². The number of rotatable bonds is 5. The van der Waals surface area contributed by atoms with Crippen molar-refractivity contribution in [2.24, 2.45) is 0 Å². The highest BCUT2D eigenvalue weighted by atomic mass is 35.5. The summed E-state index contributed by atoms with van der Waals surface area (Å²) in [5, 5.41) is 4.03. The molecule has 3 nitrogen and oxygen atoms in total. The molecule has 2 aromatic rings. The monoisotopic (exact) mass is 276 g/mol. The second kappa shape index (κ2) is 6.53. The number of carbonyl (C=O) groups excluding carboxylic acids is 1. The van der Waals surface area contributed by atoms with Crippen LogP contribution in [0.15, 0.2) is 36.5 Å². The molecule has 2 rings (SSSR count). The number of fused-ring (bicyclic) bond motifs is 1. The molecule has 0 aliphatic rings. The Kier molecular flexibility index (Phi) is 4.74. The van der Waals surface area contributed by atoms with Gasteiger partial charge in [0.2, 0.25) is 0 Å². The third-order valence-corrected chi connectivity index (χ3v) is 3.15. The Morgan fingerprint density at radius 3 is 3.05 bits per heavy atom. The van der Waals surface area contributed by atoms with E-state index in [1.807, 2.05) is 31.2 Å². The molecule has 1 aromatic carbocycles. The van der Waals surface area contributed by atoms with Crippen LogP contribution in [-0.2, 0) is 0 Å². The third kappa shape index (κ3) is 3.93. The van der Waals surface area contributed by atoms with Crippen molar-refractivity contribution in [3.05, 3.63) is 42.1 Å². The van der Waals surface area contributed by atoms with E-state index in [4.69, 9.17) is 11.6 Å². The molecule has 0 fully saturated rings. The Morgan fingerprint density at radius 1 is 1.42 bits per heavy atom. The summed E-state index contributed by atoms with van der Waals surface area (Å²) in [4.78, 5) is 16.2. The Bertz CT molecular complexity index is 569. The maximum atomic E-state index is 12.0. The predicted octanol–water partition coefficient (Wildman–Crippen LogP) is 3.37. The van der Waals surface area contributed by atoms with Gasteiger partial charge in [0.15, 0.2) is 0 Å². The first-order chi connectivity index (χ1) is 9.16. The van der Waals surface area contributed by atoms with Crippen LogP contribution in [0.2, 0.25) is 0 Å². The number of hydrogen-bond donors (Lipinski definition) is 1. The largest absolute Gasteiger partial charge is 0.352 e. The van der Waals surface area contributed by atoms with Crippen molar-refractivity contribution in [2.45, 2.75) is 25.1 Å². The molecule has 0 bridgehead atoms. The fraction of sp³-hybridized carbons (Fsp3) is 0.333. The van der Waals surface area contributed by atoms with E-state index in [9.17, 15) is 4.79 Å². The molecule has 1 heterocycles. The quantitative estimate of drug-likeness (QED) is 0.672. The molecule has 19 heavy (non-hydrogen) atoms. The summed E-state index contributed by atoms with van der Waals surface area (Å²) in [7, 11) is 0. The molecule has 1 amide bonds. The van der Waals surface area contributed by atoms with Gasteiger partial charge in [0.05, 0.1) is 5.52 Å². The highest BCUT2D eigenvalue weighted by Gasteiger charge is 2.06. The van der Waals surface area contributed by atoms with Gasteiger partial charge < -0.3 is 5.32 Å². The number of aromatic nitrogens is 1. The molecule has 1 atom stereocenters. The van der Waals surface area contributed by atoms with Gasteiger partial charge in [-0.1, -0.05) is 6.07 Å². The lowest BCUT2D eigenvalue weighted by atomic mass is 10.1. The van der Waals surface area contributed by atoms with Crippen LogP contribution in [0.4, 0.5) is 0 Å². The standard InChI is InChI=1S/C15H17ClN2O/c1-11(16)4-2-9-18-15(19)13-6-7-14-12(10-13)5-3-8-17-14/h3,5-8,10-11H,2,4,9H2,1H3,(H,18,19). The molecule has 0 spiro atoms. The Hall–Kier alpha value is -1.61. The summed E-state index contributed by atoms with van der Waals surface area (Å²) in [6.45, 7) is 2.61. The number of nitrogens with one attached hydrogen (secondary N) is 1. The zero-order chi connectivity index (χ0) is 13.7. The fourth-order valence-corrected chi connectivity index (χ4v) is 2.06. The lowest BCUT2D eigenvalue weighted by molar-refractivity contribution is 0.0953. The van der Waals surface area contributed by atoms with Gasteiger partial charge in [0, 0.05) is 29.1 Å². The number of amides is 1. The fourth-order valence-electron chi connectivity index (χ4n) is 1.90. The normalized spacial score (nSPS) is 12.3. The molecule has 0 saturated heterocycles. The van der Waals surface area contributed by atoms with Gasteiger partial charge >= 0.3 is 0 Å². The van der Waals surface area contributed by atoms with E-state index < -0.39 is 0 Å². The van der Waals surface area contributed by atoms with Crippen LogP contribution in [0.5, 0.6) is 0 Å². The molecule has 0 saturated carbocycles. The van der Waals surface area contributed by atoms with Crippen molar-refractivity contribution in [3.8, 4) is 0 Å². The van der Waals surface area contributed by atoms with Crippen LogP contribution in [0, 0.1) is 0 Å². The van der Waals surface area contributed by atoms with Crippen molar-refractivity contribution in [1.29, 1.82) is 0 Å². The number of nitrogens with zero attached hydrogens (tertiary/aromatic N) is 1. The minimum Gasteiger partial charge on any atom is -0.352 e. The first-order valence-corrected chi connectivity index (χ1v) is 6.87. The summed E-state index contributed by atoms with van der Waals surface area (Å²) < 4.78 is 0. The number of pyridine rings is 1. The highest BCUT2D eigenvalue weighted by molar-refractivity contribution is 6.20. The first-order valence-electron chi connectivity index (χ1n) is 6.44. The van der Waals surface area contributed by atoms with Gasteiger partial charge in [-0.25, -0.2) is 0 Å². The molecular weight excluding hydrogens is 260 g/mol. The van der Waals surface area contributed by atoms with Gasteiger partial charge in [-0.3, -0.25) is 9.78 Å². The molecule has 4 heteroatoms. The highest BCUT2D eigenvalue weighted by Crippen LogP contribution is 2.13. The van der Waals surface area contributed by atoms with E-state index in [0.29, 0.717) is 12.1 Å². The van der Waals surface area contributed by atoms with Crippen molar-refractivity contribution < 1.29 is 4.79 Å². The topological polar surface area (TPSA) is 42.0 Å². The van der Waals surface area contributed by atoms with Crippen molar-refractivity contribution >= 4 is 28.4 Å². The molecular formula is C15H17ClN2O. The zero-order valence-corrected chi connectivity index (χ0v) is 11.7. The van der Waals surface area contributed by atoms with Gasteiger partial charge in [-0.05, 0) is 44.0 Å². The summed E-state index contributed by atoms with van der Waals surface area (Å²) in [5.74, 6) is -0.0482. The van der Waals surface area contributed by atoms with Crippen molar-refractivity contribution in [1.82, 2.24) is 10.3 Å². The average molecular weight is 277 g/mol. The number of benzene rings is 1. The van der Waals surface area contributed by atoms with E-state index in [1.54, 1.807) is 12.3 Å². The Morgan fingerprint density at radius 2 is 2.26 bits per heavy atom. The summed E-state index contributed by atoms with van der Waals surface area (Å²) in [6, 6.07) is 9.35. The van der Waals surface area contributed by atoms with Crippen LogP contribution in [0.25, 0.3) is 10.9 Å². The van der Waals surface area contributed by atoms with Gasteiger partial charge in [-0.2, -0.15) is 0 Å². The number of halogens is 1. The first kappa shape index (κ1) is 13.8. The van der Waals surface area contributed by atoms with Crippen LogP contribution in [-0.4, -0.2) is 22.8 Å². The second-order valence-electron chi connectivity index (χ2n) is 4.59. The maximum absolute atomic E-state index is 12.0. The minimum absolute atomic E-state index is 0.0482. The summed E-state index contributed by atoms with van der Waals surface area (Å²) in [6.07, 6.45) is 3.55. The van der Waals surface area contributed by atoms with E-state index >= 15 is 0 Å². The van der Waals surface area contributed by atoms with Gasteiger partial charge in [0.1, 0.15) is 0 Å². The third-order valence-electron chi connectivity index (χ3n) is 2.93. The lowest BCUT2D eigenvalue weighted by Crippen LogP contribution is -2.24. The summed E-state index contributed by atoms with van der Waals surface area (Å²) in [5.41, 5.74) is 1.56. The minimum atomic E-state index is -0.0482. The number of hydrogen-bond acceptors (Lipinski definition) is 2. The Labute approximate surface area is 118 Å². The van der Waals surface area contributed by atoms with Gasteiger partial charge in [-0.15, -0.1) is 11.6 Å². The molecule has 1 N–H and O–H groups in total.